The summed E-state index contributed by atoms with van der Waals surface area (Å²) in [4.78, 5) is 15.2. The van der Waals surface area contributed by atoms with E-state index in [4.69, 9.17) is 4.74 Å². The van der Waals surface area contributed by atoms with Crippen molar-refractivity contribution in [1.29, 1.82) is 0 Å². The number of hydrogen-bond acceptors (Lipinski definition) is 2. The number of anilines is 1. The lowest BCUT2D eigenvalue weighted by Crippen LogP contribution is -2.39. The molecule has 1 unspecified atom stereocenters. The molecule has 0 heterocycles. The van der Waals surface area contributed by atoms with Crippen LogP contribution in [-0.4, -0.2) is 17.5 Å². The average molecular weight is 419 g/mol. The first-order valence-corrected chi connectivity index (χ1v) is 10.8. The van der Waals surface area contributed by atoms with Crippen LogP contribution in [0.25, 0.3) is 0 Å². The Morgan fingerprint density at radius 3 is 2.68 bits per heavy atom. The van der Waals surface area contributed by atoms with Crippen molar-refractivity contribution >= 4 is 11.7 Å². The molecule has 1 atom stereocenters. The van der Waals surface area contributed by atoms with E-state index in [1.54, 1.807) is 12.1 Å². The summed E-state index contributed by atoms with van der Waals surface area (Å²) in [5.74, 6) is 0.434. The van der Waals surface area contributed by atoms with Crippen molar-refractivity contribution in [3.8, 4) is 5.75 Å². The van der Waals surface area contributed by atoms with Crippen molar-refractivity contribution in [1.82, 2.24) is 4.90 Å². The van der Waals surface area contributed by atoms with Crippen LogP contribution in [0.4, 0.5) is 14.9 Å². The summed E-state index contributed by atoms with van der Waals surface area (Å²) in [5, 5.41) is 2.89. The van der Waals surface area contributed by atoms with Crippen LogP contribution in [0.5, 0.6) is 5.75 Å². The second-order valence-electron chi connectivity index (χ2n) is 7.75. The highest BCUT2D eigenvalue weighted by atomic mass is 19.1. The van der Waals surface area contributed by atoms with Gasteiger partial charge in [0, 0.05) is 12.2 Å². The molecule has 5 heteroatoms. The molecule has 4 nitrogen and oxygen atoms in total. The van der Waals surface area contributed by atoms with E-state index in [9.17, 15) is 9.18 Å². The van der Waals surface area contributed by atoms with Crippen LogP contribution in [0.1, 0.15) is 42.5 Å². The summed E-state index contributed by atoms with van der Waals surface area (Å²) < 4.78 is 19.2. The molecule has 3 aromatic rings. The number of amides is 2. The Morgan fingerprint density at radius 1 is 1.10 bits per heavy atom. The lowest BCUT2D eigenvalue weighted by atomic mass is 9.86. The van der Waals surface area contributed by atoms with Crippen molar-refractivity contribution in [2.24, 2.45) is 0 Å². The van der Waals surface area contributed by atoms with Gasteiger partial charge in [0.15, 0.2) is 0 Å². The number of nitrogens with zero attached hydrogens (tertiary/aromatic N) is 1. The van der Waals surface area contributed by atoms with E-state index >= 15 is 0 Å². The Balaban J connectivity index is 1.62. The Hall–Kier alpha value is -3.34. The standard InChI is InChI=1S/C26H27FN2O2/c1-2-31-23-15-13-19(14-16-23)18-29(26(30)28-22-10-6-9-21(27)17-22)25-12-5-8-20-7-3-4-11-24(20)25/h3-4,6-7,9-11,13-17,25H,2,5,8,12,18H2,1H3,(H,28,30). The second-order valence-corrected chi connectivity index (χ2v) is 7.75. The fourth-order valence-electron chi connectivity index (χ4n) is 4.19. The van der Waals surface area contributed by atoms with E-state index in [0.29, 0.717) is 18.8 Å². The van der Waals surface area contributed by atoms with Gasteiger partial charge in [-0.05, 0) is 73.2 Å². The Kier molecular flexibility index (Phi) is 6.51. The number of hydrogen-bond donors (Lipinski definition) is 1. The maximum absolute atomic E-state index is 13.6. The van der Waals surface area contributed by atoms with Gasteiger partial charge in [0.25, 0.3) is 0 Å². The number of ether oxygens (including phenoxy) is 1. The van der Waals surface area contributed by atoms with Gasteiger partial charge in [0.1, 0.15) is 11.6 Å². The summed E-state index contributed by atoms with van der Waals surface area (Å²) in [6, 6.07) is 21.9. The highest BCUT2D eigenvalue weighted by Gasteiger charge is 2.29. The largest absolute Gasteiger partial charge is 0.494 e. The van der Waals surface area contributed by atoms with Crippen LogP contribution in [0.15, 0.2) is 72.8 Å². The minimum Gasteiger partial charge on any atom is -0.494 e. The molecule has 0 saturated heterocycles. The van der Waals surface area contributed by atoms with Crippen LogP contribution in [-0.2, 0) is 13.0 Å². The number of carbonyl (C=O) groups is 1. The zero-order chi connectivity index (χ0) is 21.6. The number of fused-ring (bicyclic) bond motifs is 1. The van der Waals surface area contributed by atoms with E-state index in [0.717, 1.165) is 30.6 Å². The molecule has 0 bridgehead atoms. The molecule has 0 saturated carbocycles. The molecule has 0 fully saturated rings. The highest BCUT2D eigenvalue weighted by molar-refractivity contribution is 5.89. The van der Waals surface area contributed by atoms with Gasteiger partial charge in [-0.15, -0.1) is 0 Å². The van der Waals surface area contributed by atoms with Gasteiger partial charge in [-0.25, -0.2) is 9.18 Å². The molecule has 1 aliphatic carbocycles. The maximum Gasteiger partial charge on any atom is 0.322 e. The second kappa shape index (κ2) is 9.65. The molecule has 4 rings (SSSR count). The van der Waals surface area contributed by atoms with Gasteiger partial charge in [0.2, 0.25) is 0 Å². The average Bonchev–Trinajstić information content (AvgIpc) is 2.78. The van der Waals surface area contributed by atoms with Crippen LogP contribution in [0.3, 0.4) is 0 Å². The predicted octanol–water partition coefficient (Wildman–Crippen LogP) is 6.34. The van der Waals surface area contributed by atoms with Crippen LogP contribution in [0.2, 0.25) is 0 Å². The summed E-state index contributed by atoms with van der Waals surface area (Å²) in [7, 11) is 0. The first-order chi connectivity index (χ1) is 15.1. The lowest BCUT2D eigenvalue weighted by Gasteiger charge is -2.36. The van der Waals surface area contributed by atoms with Crippen molar-refractivity contribution < 1.29 is 13.9 Å². The fraction of sp³-hybridized carbons (Fsp3) is 0.269. The van der Waals surface area contributed by atoms with Gasteiger partial charge in [-0.2, -0.15) is 0 Å². The first kappa shape index (κ1) is 20.9. The molecule has 160 valence electrons. The summed E-state index contributed by atoms with van der Waals surface area (Å²) >= 11 is 0. The van der Waals surface area contributed by atoms with Crippen molar-refractivity contribution in [2.75, 3.05) is 11.9 Å². The van der Waals surface area contributed by atoms with E-state index in [-0.39, 0.29) is 17.9 Å². The highest BCUT2D eigenvalue weighted by Crippen LogP contribution is 2.35. The molecular weight excluding hydrogens is 391 g/mol. The third kappa shape index (κ3) is 5.05. The third-order valence-electron chi connectivity index (χ3n) is 5.64. The van der Waals surface area contributed by atoms with E-state index in [1.807, 2.05) is 48.2 Å². The smallest absolute Gasteiger partial charge is 0.322 e. The summed E-state index contributed by atoms with van der Waals surface area (Å²) in [5.41, 5.74) is 3.94. The molecule has 31 heavy (non-hydrogen) atoms. The molecule has 0 aliphatic heterocycles. The van der Waals surface area contributed by atoms with Crippen LogP contribution in [0, 0.1) is 5.82 Å². The van der Waals surface area contributed by atoms with Crippen molar-refractivity contribution in [3.63, 3.8) is 0 Å². The van der Waals surface area contributed by atoms with E-state index in [2.05, 4.69) is 17.4 Å². The number of carbonyl (C=O) groups excluding carboxylic acids is 1. The lowest BCUT2D eigenvalue weighted by molar-refractivity contribution is 0.175. The molecule has 0 aromatic heterocycles. The monoisotopic (exact) mass is 418 g/mol. The van der Waals surface area contributed by atoms with Gasteiger partial charge in [-0.1, -0.05) is 42.5 Å². The molecule has 3 aromatic carbocycles. The van der Waals surface area contributed by atoms with Crippen molar-refractivity contribution in [3.05, 3.63) is 95.3 Å². The SMILES string of the molecule is CCOc1ccc(CN(C(=O)Nc2cccc(F)c2)C2CCCc3ccccc32)cc1. The first-order valence-electron chi connectivity index (χ1n) is 10.8. The zero-order valence-electron chi connectivity index (χ0n) is 17.7. The molecule has 0 radical (unpaired) electrons. The number of nitrogens with one attached hydrogen (secondary N) is 1. The molecule has 2 amide bonds. The molecule has 0 spiro atoms. The Morgan fingerprint density at radius 2 is 1.90 bits per heavy atom. The normalized spacial score (nSPS) is 15.1. The minimum atomic E-state index is -0.376. The topological polar surface area (TPSA) is 41.6 Å². The van der Waals surface area contributed by atoms with Crippen LogP contribution >= 0.6 is 0 Å². The third-order valence-corrected chi connectivity index (χ3v) is 5.64. The van der Waals surface area contributed by atoms with Gasteiger partial charge >= 0.3 is 6.03 Å². The Bertz CT molecular complexity index is 1040. The quantitative estimate of drug-likeness (QED) is 0.508. The molecule has 1 N–H and O–H groups in total. The van der Waals surface area contributed by atoms with Crippen LogP contribution < -0.4 is 10.1 Å². The van der Waals surface area contributed by atoms with E-state index in [1.165, 1.54) is 23.3 Å². The van der Waals surface area contributed by atoms with Gasteiger partial charge < -0.3 is 15.0 Å². The van der Waals surface area contributed by atoms with Gasteiger partial charge in [-0.3, -0.25) is 0 Å². The summed E-state index contributed by atoms with van der Waals surface area (Å²) in [6.45, 7) is 3.01. The fourth-order valence-corrected chi connectivity index (χ4v) is 4.19. The van der Waals surface area contributed by atoms with Gasteiger partial charge in [0.05, 0.1) is 12.6 Å². The minimum absolute atomic E-state index is 0.0370. The maximum atomic E-state index is 13.6. The molecule has 1 aliphatic rings. The molecular formula is C26H27FN2O2. The number of halogens is 1. The number of benzene rings is 3. The van der Waals surface area contributed by atoms with Crippen molar-refractivity contribution in [2.45, 2.75) is 38.8 Å². The number of aryl methyl sites for hydroxylation is 1. The zero-order valence-corrected chi connectivity index (χ0v) is 17.7. The predicted molar refractivity (Wildman–Crippen MR) is 121 cm³/mol. The summed E-state index contributed by atoms with van der Waals surface area (Å²) in [6.07, 6.45) is 2.94. The number of rotatable bonds is 6. The Labute approximate surface area is 182 Å². The van der Waals surface area contributed by atoms with E-state index < -0.39 is 0 Å². The number of urea groups is 1.